The van der Waals surface area contributed by atoms with E-state index in [-0.39, 0.29) is 11.3 Å². The standard InChI is InChI=1S/C14H21Cl2N3O/c1-14(2,13(17)19-20)7-3-4-8-18-12-9-10(15)5-6-11(12)16/h5-6,9,18,20H,3-4,7-8H2,1-2H3,(H2,17,19). The van der Waals surface area contributed by atoms with Gasteiger partial charge in [-0.15, -0.1) is 0 Å². The highest BCUT2D eigenvalue weighted by Gasteiger charge is 2.22. The number of unbranched alkanes of at least 4 members (excludes halogenated alkanes) is 1. The molecular weight excluding hydrogens is 297 g/mol. The quantitative estimate of drug-likeness (QED) is 0.230. The Balaban J connectivity index is 2.34. The van der Waals surface area contributed by atoms with E-state index in [1.807, 2.05) is 19.9 Å². The first kappa shape index (κ1) is 16.9. The number of nitrogens with two attached hydrogens (primary N) is 1. The smallest absolute Gasteiger partial charge is 0.144 e. The van der Waals surface area contributed by atoms with Crippen LogP contribution in [0.2, 0.25) is 10.0 Å². The predicted molar refractivity (Wildman–Crippen MR) is 86.0 cm³/mol. The Hall–Kier alpha value is -1.13. The molecule has 0 heterocycles. The number of rotatable bonds is 7. The first-order valence-electron chi connectivity index (χ1n) is 6.54. The van der Waals surface area contributed by atoms with Gasteiger partial charge in [-0.1, -0.05) is 48.6 Å². The van der Waals surface area contributed by atoms with E-state index >= 15 is 0 Å². The van der Waals surface area contributed by atoms with Gasteiger partial charge in [0.1, 0.15) is 5.84 Å². The van der Waals surface area contributed by atoms with Crippen LogP contribution in [0.15, 0.2) is 23.4 Å². The maximum Gasteiger partial charge on any atom is 0.144 e. The average Bonchev–Trinajstić information content (AvgIpc) is 2.41. The van der Waals surface area contributed by atoms with E-state index in [0.717, 1.165) is 31.5 Å². The van der Waals surface area contributed by atoms with Crippen molar-refractivity contribution >= 4 is 34.7 Å². The van der Waals surface area contributed by atoms with Crippen LogP contribution >= 0.6 is 23.2 Å². The van der Waals surface area contributed by atoms with Crippen LogP contribution in [-0.2, 0) is 0 Å². The van der Waals surface area contributed by atoms with Gasteiger partial charge in [-0.2, -0.15) is 0 Å². The lowest BCUT2D eigenvalue weighted by molar-refractivity contribution is 0.304. The molecule has 0 spiro atoms. The minimum absolute atomic E-state index is 0.267. The summed E-state index contributed by atoms with van der Waals surface area (Å²) < 4.78 is 0. The van der Waals surface area contributed by atoms with Crippen molar-refractivity contribution in [3.63, 3.8) is 0 Å². The molecule has 1 aromatic rings. The highest BCUT2D eigenvalue weighted by atomic mass is 35.5. The summed E-state index contributed by atoms with van der Waals surface area (Å²) in [5.74, 6) is 0.267. The van der Waals surface area contributed by atoms with Gasteiger partial charge in [-0.05, 0) is 31.0 Å². The molecule has 4 nitrogen and oxygen atoms in total. The van der Waals surface area contributed by atoms with Gasteiger partial charge in [0.25, 0.3) is 0 Å². The third kappa shape index (κ3) is 5.10. The van der Waals surface area contributed by atoms with Gasteiger partial charge >= 0.3 is 0 Å². The molecule has 0 saturated carbocycles. The first-order chi connectivity index (χ1) is 9.36. The molecule has 0 saturated heterocycles. The Kier molecular flexibility index (Phi) is 6.43. The molecular formula is C14H21Cl2N3O. The van der Waals surface area contributed by atoms with E-state index in [4.69, 9.17) is 34.1 Å². The van der Waals surface area contributed by atoms with Crippen LogP contribution in [0, 0.1) is 5.41 Å². The van der Waals surface area contributed by atoms with Crippen LogP contribution in [0.25, 0.3) is 0 Å². The highest BCUT2D eigenvalue weighted by Crippen LogP contribution is 2.26. The lowest BCUT2D eigenvalue weighted by Crippen LogP contribution is -2.31. The van der Waals surface area contributed by atoms with Crippen molar-refractivity contribution in [1.82, 2.24) is 0 Å². The maximum absolute atomic E-state index is 8.70. The minimum atomic E-state index is -0.289. The summed E-state index contributed by atoms with van der Waals surface area (Å²) in [6, 6.07) is 5.34. The van der Waals surface area contributed by atoms with E-state index in [0.29, 0.717) is 10.0 Å². The van der Waals surface area contributed by atoms with Gasteiger partial charge in [0.2, 0.25) is 0 Å². The van der Waals surface area contributed by atoms with Crippen molar-refractivity contribution in [2.24, 2.45) is 16.3 Å². The van der Waals surface area contributed by atoms with Crippen LogP contribution in [-0.4, -0.2) is 17.6 Å². The van der Waals surface area contributed by atoms with E-state index in [1.165, 1.54) is 0 Å². The van der Waals surface area contributed by atoms with Crippen molar-refractivity contribution in [2.45, 2.75) is 33.1 Å². The number of hydrogen-bond acceptors (Lipinski definition) is 3. The van der Waals surface area contributed by atoms with Gasteiger partial charge in [0.05, 0.1) is 10.7 Å². The van der Waals surface area contributed by atoms with Crippen molar-refractivity contribution in [1.29, 1.82) is 0 Å². The van der Waals surface area contributed by atoms with Crippen LogP contribution in [0.3, 0.4) is 0 Å². The fourth-order valence-electron chi connectivity index (χ4n) is 1.81. The molecule has 0 aliphatic rings. The summed E-state index contributed by atoms with van der Waals surface area (Å²) in [7, 11) is 0. The molecule has 1 rings (SSSR count). The van der Waals surface area contributed by atoms with Gasteiger partial charge in [0, 0.05) is 17.0 Å². The topological polar surface area (TPSA) is 70.6 Å². The van der Waals surface area contributed by atoms with E-state index in [9.17, 15) is 0 Å². The number of benzene rings is 1. The molecule has 0 amide bonds. The second-order valence-electron chi connectivity index (χ2n) is 5.38. The van der Waals surface area contributed by atoms with E-state index in [2.05, 4.69) is 10.5 Å². The van der Waals surface area contributed by atoms with Gasteiger partial charge in [-0.3, -0.25) is 0 Å². The number of amidine groups is 1. The third-order valence-electron chi connectivity index (χ3n) is 3.27. The van der Waals surface area contributed by atoms with Crippen molar-refractivity contribution in [2.75, 3.05) is 11.9 Å². The molecule has 6 heteroatoms. The fourth-order valence-corrected chi connectivity index (χ4v) is 2.17. The molecule has 1 aromatic carbocycles. The Morgan fingerprint density at radius 1 is 1.35 bits per heavy atom. The van der Waals surface area contributed by atoms with Crippen LogP contribution in [0.5, 0.6) is 0 Å². The largest absolute Gasteiger partial charge is 0.409 e. The Morgan fingerprint density at radius 3 is 2.70 bits per heavy atom. The maximum atomic E-state index is 8.70. The molecule has 0 bridgehead atoms. The Bertz CT molecular complexity index is 475. The molecule has 20 heavy (non-hydrogen) atoms. The van der Waals surface area contributed by atoms with Gasteiger partial charge < -0.3 is 16.3 Å². The highest BCUT2D eigenvalue weighted by molar-refractivity contribution is 6.35. The Labute approximate surface area is 129 Å². The summed E-state index contributed by atoms with van der Waals surface area (Å²) in [5.41, 5.74) is 6.20. The number of nitrogens with zero attached hydrogens (tertiary/aromatic N) is 1. The summed E-state index contributed by atoms with van der Waals surface area (Å²) in [5, 5.41) is 16.3. The molecule has 0 radical (unpaired) electrons. The van der Waals surface area contributed by atoms with E-state index < -0.39 is 0 Å². The summed E-state index contributed by atoms with van der Waals surface area (Å²) in [6.07, 6.45) is 2.78. The monoisotopic (exact) mass is 317 g/mol. The van der Waals surface area contributed by atoms with Gasteiger partial charge in [0.15, 0.2) is 0 Å². The zero-order valence-corrected chi connectivity index (χ0v) is 13.3. The predicted octanol–water partition coefficient (Wildman–Crippen LogP) is 4.35. The lowest BCUT2D eigenvalue weighted by Gasteiger charge is -2.22. The summed E-state index contributed by atoms with van der Waals surface area (Å²) >= 11 is 12.0. The molecule has 112 valence electrons. The van der Waals surface area contributed by atoms with Crippen molar-refractivity contribution in [3.05, 3.63) is 28.2 Å². The zero-order chi connectivity index (χ0) is 15.2. The molecule has 0 fully saturated rings. The SMILES string of the molecule is CC(C)(CCCCNc1cc(Cl)ccc1Cl)/C(N)=N/O. The molecule has 4 N–H and O–H groups in total. The second kappa shape index (κ2) is 7.60. The lowest BCUT2D eigenvalue weighted by atomic mass is 9.86. The number of nitrogens with one attached hydrogen (secondary N) is 1. The normalized spacial score (nSPS) is 12.5. The summed E-state index contributed by atoms with van der Waals surface area (Å²) in [4.78, 5) is 0. The number of halogens is 2. The third-order valence-corrected chi connectivity index (χ3v) is 3.84. The second-order valence-corrected chi connectivity index (χ2v) is 6.22. The fraction of sp³-hybridized carbons (Fsp3) is 0.500. The van der Waals surface area contributed by atoms with Gasteiger partial charge in [-0.25, -0.2) is 0 Å². The van der Waals surface area contributed by atoms with E-state index in [1.54, 1.807) is 12.1 Å². The Morgan fingerprint density at radius 2 is 2.05 bits per heavy atom. The summed E-state index contributed by atoms with van der Waals surface area (Å²) in [6.45, 7) is 4.72. The molecule has 0 aliphatic heterocycles. The molecule has 0 aromatic heterocycles. The zero-order valence-electron chi connectivity index (χ0n) is 11.8. The molecule has 0 aliphatic carbocycles. The molecule has 0 unspecified atom stereocenters. The first-order valence-corrected chi connectivity index (χ1v) is 7.29. The minimum Gasteiger partial charge on any atom is -0.409 e. The van der Waals surface area contributed by atoms with Crippen molar-refractivity contribution in [3.8, 4) is 0 Å². The number of oxime groups is 1. The van der Waals surface area contributed by atoms with Crippen LogP contribution in [0.1, 0.15) is 33.1 Å². The van der Waals surface area contributed by atoms with Crippen LogP contribution in [0.4, 0.5) is 5.69 Å². The number of hydrogen-bond donors (Lipinski definition) is 3. The molecule has 0 atom stereocenters. The van der Waals surface area contributed by atoms with Crippen molar-refractivity contribution < 1.29 is 5.21 Å². The average molecular weight is 318 g/mol. The van der Waals surface area contributed by atoms with Crippen LogP contribution < -0.4 is 11.1 Å². The number of anilines is 1.